The number of aliphatic hydroxyl groups excluding tert-OH is 4. The molecule has 21 atom stereocenters. The van der Waals surface area contributed by atoms with Crippen molar-refractivity contribution >= 4 is 90.2 Å². The molecule has 53 heteroatoms. The zero-order valence-electron chi connectivity index (χ0n) is 50.3. The molecule has 0 amide bonds. The lowest BCUT2D eigenvalue weighted by Crippen LogP contribution is -2.46. The summed E-state index contributed by atoms with van der Waals surface area (Å²) in [4.78, 5) is 127. The highest BCUT2D eigenvalue weighted by molar-refractivity contribution is 7.66. The van der Waals surface area contributed by atoms with Crippen LogP contribution >= 0.6 is 39.1 Å². The Morgan fingerprint density at radius 3 is 1.56 bits per heavy atom. The summed E-state index contributed by atoms with van der Waals surface area (Å²) in [5, 5.41) is 43.8. The number of nitrogen functional groups attached to an aromatic ring is 2. The molecule has 0 aliphatic carbocycles. The van der Waals surface area contributed by atoms with E-state index in [1.54, 1.807) is 14.1 Å². The largest absolute Gasteiger partial charge is 0.490 e. The minimum absolute atomic E-state index is 0.0119. The maximum Gasteiger partial charge on any atom is 0.490 e. The summed E-state index contributed by atoms with van der Waals surface area (Å²) in [5.41, 5.74) is 9.39. The summed E-state index contributed by atoms with van der Waals surface area (Å²) in [7, 11) is -22.9. The van der Waals surface area contributed by atoms with Gasteiger partial charge >= 0.3 is 50.5 Å². The van der Waals surface area contributed by atoms with Gasteiger partial charge in [0.05, 0.1) is 46.1 Å². The van der Waals surface area contributed by atoms with Crippen molar-refractivity contribution in [3.8, 4) is 0 Å². The van der Waals surface area contributed by atoms with Gasteiger partial charge in [0, 0.05) is 40.6 Å². The van der Waals surface area contributed by atoms with Crippen molar-refractivity contribution in [2.75, 3.05) is 71.1 Å². The van der Waals surface area contributed by atoms with E-state index in [1.165, 1.54) is 38.3 Å². The predicted molar refractivity (Wildman–Crippen MR) is 313 cm³/mol. The van der Waals surface area contributed by atoms with Crippen molar-refractivity contribution in [2.24, 2.45) is 7.05 Å². The van der Waals surface area contributed by atoms with Crippen LogP contribution in [0.3, 0.4) is 0 Å². The van der Waals surface area contributed by atoms with E-state index in [1.807, 2.05) is 4.98 Å². The number of nitrogens with one attached hydrogen (secondary N) is 2. The number of rotatable bonds is 27. The molecule has 532 valence electrons. The van der Waals surface area contributed by atoms with Crippen molar-refractivity contribution < 1.29 is 136 Å². The molecular weight excluding hydrogens is 1420 g/mol. The average molecular weight is 1480 g/mol. The zero-order chi connectivity index (χ0) is 70.2. The van der Waals surface area contributed by atoms with Gasteiger partial charge < -0.3 is 89.7 Å². The molecular formula is C44H61N17O31P5+. The molecule has 4 fully saturated rings. The van der Waals surface area contributed by atoms with E-state index in [0.717, 1.165) is 54.6 Å². The third kappa shape index (κ3) is 15.0. The van der Waals surface area contributed by atoms with Crippen molar-refractivity contribution in [3.63, 3.8) is 0 Å². The molecule has 4 aliphatic heterocycles. The number of hydrogen-bond donors (Lipinski definition) is 13. The number of aromatic amines is 2. The van der Waals surface area contributed by atoms with E-state index in [0.29, 0.717) is 0 Å². The first-order valence-electron chi connectivity index (χ1n) is 27.9. The number of anilines is 3. The molecule has 7 aromatic rings. The van der Waals surface area contributed by atoms with Crippen LogP contribution in [-0.2, 0) is 94.1 Å². The van der Waals surface area contributed by atoms with E-state index in [-0.39, 0.29) is 51.1 Å². The first kappa shape index (κ1) is 72.0. The maximum atomic E-state index is 14.3. The van der Waals surface area contributed by atoms with Crippen LogP contribution in [-0.4, -0.2) is 236 Å². The predicted octanol–water partition coefficient (Wildman–Crippen LogP) is -4.56. The fraction of sp³-hybridized carbons (Fsp3) is 0.568. The number of methoxy groups -OCH3 is 2. The molecule has 0 radical (unpaired) electrons. The van der Waals surface area contributed by atoms with Gasteiger partial charge in [-0.25, -0.2) is 62.1 Å². The normalized spacial score (nSPS) is 30.8. The quantitative estimate of drug-likeness (QED) is 0.0170. The number of nitrogens with zero attached hydrogens (tertiary/aromatic N) is 13. The molecule has 7 aromatic heterocycles. The van der Waals surface area contributed by atoms with Crippen LogP contribution in [0.25, 0.3) is 33.5 Å². The second-order valence-corrected chi connectivity index (χ2v) is 29.2. The Hall–Kier alpha value is -6.24. The van der Waals surface area contributed by atoms with E-state index in [9.17, 15) is 82.1 Å². The molecule has 0 saturated carbocycles. The van der Waals surface area contributed by atoms with Crippen LogP contribution in [0, 0.1) is 0 Å². The minimum atomic E-state index is -6.31. The highest BCUT2D eigenvalue weighted by Crippen LogP contribution is 2.68. The number of nitrogens with two attached hydrogens (primary N) is 2. The number of ether oxygens (including phenoxy) is 6. The van der Waals surface area contributed by atoms with E-state index in [2.05, 4.69) is 48.5 Å². The number of aromatic nitrogens is 14. The molecule has 0 spiro atoms. The van der Waals surface area contributed by atoms with E-state index in [4.69, 9.17) is 67.0 Å². The molecule has 11 heterocycles. The second kappa shape index (κ2) is 27.7. The van der Waals surface area contributed by atoms with Crippen molar-refractivity contribution in [1.82, 2.24) is 63.1 Å². The number of phosphoric ester groups is 4. The summed E-state index contributed by atoms with van der Waals surface area (Å²) < 4.78 is 148. The monoisotopic (exact) mass is 1480 g/mol. The van der Waals surface area contributed by atoms with E-state index >= 15 is 0 Å². The maximum absolute atomic E-state index is 14.3. The summed E-state index contributed by atoms with van der Waals surface area (Å²) in [6.45, 7) is -4.75. The van der Waals surface area contributed by atoms with Crippen LogP contribution in [0.2, 0.25) is 0 Å². The van der Waals surface area contributed by atoms with Crippen molar-refractivity contribution in [2.45, 2.75) is 98.2 Å². The zero-order valence-corrected chi connectivity index (χ0v) is 54.8. The minimum Gasteiger partial charge on any atom is -0.387 e. The summed E-state index contributed by atoms with van der Waals surface area (Å²) >= 11 is 0. The van der Waals surface area contributed by atoms with Gasteiger partial charge in [-0.15, -0.1) is 0 Å². The standard InChI is InChI=1S/C44H60N17O31P5/c1-56(2)43-54-37-24(38(67)55-43)57(3)16-61(37)40-28(66)26(64)18(86-40)9-83-95(73,74)91-97(77,78)92-96(75,76)84-11-20-30(32(80-5)42(88-20)60-15-52-23-34(46)48-13-50-36(23)60)90-94(71,72)82-10-19-29(31(79-4)41(87-19)58-7-6-21(62)53-44(58)68)89-93(69,70)81-8-17-25(63)27(65)39(85-17)59-14-51-22-33(45)47-12-49-35(22)59/h6-7,12-20,25-32,39-42,63-66H,8-11H2,1-5H3,(H10-,45,46,47,48,49,50,53,54,55,62,67,68,69,70,71,72,73,74,75,76,77,78)/p+1/t17-,18-,19-,20-,25-,26-,27-,28-,29-,30-,31-,32-,39-,40-,41-,42-/m1/s1. The third-order valence-electron chi connectivity index (χ3n) is 15.2. The number of imidazole rings is 3. The third-order valence-corrected chi connectivity index (χ3v) is 21.4. The van der Waals surface area contributed by atoms with Crippen molar-refractivity contribution in [1.29, 1.82) is 0 Å². The number of phosphoric acid groups is 5. The topological polar surface area (TPSA) is 649 Å². The Kier molecular flexibility index (Phi) is 20.6. The van der Waals surface area contributed by atoms with Crippen LogP contribution in [0.1, 0.15) is 24.9 Å². The molecule has 0 aromatic carbocycles. The van der Waals surface area contributed by atoms with Crippen molar-refractivity contribution in [3.05, 3.63) is 75.1 Å². The highest BCUT2D eigenvalue weighted by Gasteiger charge is 2.56. The van der Waals surface area contributed by atoms with Gasteiger partial charge in [-0.1, -0.05) is 4.98 Å². The number of hydrogen-bond acceptors (Lipinski definition) is 36. The molecule has 48 nitrogen and oxygen atoms in total. The first-order chi connectivity index (χ1) is 45.6. The summed E-state index contributed by atoms with van der Waals surface area (Å²) in [5.74, 6) is -0.0781. The van der Waals surface area contributed by atoms with Gasteiger partial charge in [-0.05, 0) is 0 Å². The van der Waals surface area contributed by atoms with E-state index < -0.39 is 181 Å². The van der Waals surface area contributed by atoms with Gasteiger partial charge in [-0.2, -0.15) is 8.62 Å². The number of H-pyrrole nitrogens is 2. The SMILES string of the molecule is CO[C@@H]1[C@H](OP(=O)(O)OC[C@H]2O[C@@H](n3cnc4c(N)ncnc43)[C@H](O)[C@@H]2O)[C@@H](COP(=O)(O)O[C@H]2[C@@H](OC)[C@H](n3cnc4c(N)ncnc43)O[C@@H]2COP(=O)(O)OP(=O)(O)OP(=O)(O)OC[C@H]2O[C@@H]([n+]3cn(C)c4c(=O)[nH]c(N(C)C)nc43)[C@H](O)[C@@H]2O)O[C@H]1n1ccc(=O)[nH]c1=O. The Bertz CT molecular complexity index is 4520. The van der Waals surface area contributed by atoms with Crippen LogP contribution < -0.4 is 37.7 Å². The summed E-state index contributed by atoms with van der Waals surface area (Å²) in [6.07, 6.45) is -21.4. The van der Waals surface area contributed by atoms with Gasteiger partial charge in [0.15, 0.2) is 47.9 Å². The second-order valence-electron chi connectivity index (χ2n) is 21.7. The molecule has 11 rings (SSSR count). The molecule has 4 saturated heterocycles. The first-order valence-corrected chi connectivity index (χ1v) is 35.3. The molecule has 15 N–H and O–H groups in total. The number of aryl methyl sites for hydroxylation is 1. The molecule has 5 unspecified atom stereocenters. The lowest BCUT2D eigenvalue weighted by atomic mass is 10.1. The van der Waals surface area contributed by atoms with Crippen LogP contribution in [0.4, 0.5) is 17.6 Å². The molecule has 0 bridgehead atoms. The molecule has 97 heavy (non-hydrogen) atoms. The smallest absolute Gasteiger partial charge is 0.387 e. The van der Waals surface area contributed by atoms with Gasteiger partial charge in [-0.3, -0.25) is 65.0 Å². The Morgan fingerprint density at radius 1 is 0.588 bits per heavy atom. The summed E-state index contributed by atoms with van der Waals surface area (Å²) in [6, 6.07) is 0.887. The highest BCUT2D eigenvalue weighted by atomic mass is 31.3. The lowest BCUT2D eigenvalue weighted by molar-refractivity contribution is -0.745. The molecule has 4 aliphatic rings. The van der Waals surface area contributed by atoms with Gasteiger partial charge in [0.2, 0.25) is 11.7 Å². The Morgan fingerprint density at radius 2 is 1.05 bits per heavy atom. The number of aliphatic hydroxyl groups is 4. The number of fused-ring (bicyclic) bond motifs is 3. The lowest BCUT2D eigenvalue weighted by Gasteiger charge is -2.27. The Balaban J connectivity index is 0.775. The van der Waals surface area contributed by atoms with Crippen LogP contribution in [0.5, 0.6) is 0 Å². The van der Waals surface area contributed by atoms with Gasteiger partial charge in [0.1, 0.15) is 96.9 Å². The average Bonchev–Trinajstić information content (AvgIpc) is 1.63. The fourth-order valence-electron chi connectivity index (χ4n) is 10.8. The van der Waals surface area contributed by atoms with Gasteiger partial charge in [0.25, 0.3) is 17.1 Å². The Labute approximate surface area is 539 Å². The fourth-order valence-corrected chi connectivity index (χ4v) is 16.3. The van der Waals surface area contributed by atoms with Crippen LogP contribution in [0.15, 0.2) is 58.3 Å².